The zero-order valence-electron chi connectivity index (χ0n) is 7.54. The fourth-order valence-corrected chi connectivity index (χ4v) is 2.47. The maximum atomic E-state index is 9.15. The van der Waals surface area contributed by atoms with Gasteiger partial charge >= 0.3 is 0 Å². The summed E-state index contributed by atoms with van der Waals surface area (Å²) in [6.07, 6.45) is 0.149. The van der Waals surface area contributed by atoms with Crippen molar-refractivity contribution in [1.82, 2.24) is 0 Å². The zero-order valence-corrected chi connectivity index (χ0v) is 10.7. The number of aliphatic hydroxyl groups excluding tert-OH is 1. The van der Waals surface area contributed by atoms with Crippen molar-refractivity contribution in [2.24, 2.45) is 0 Å². The fraction of sp³-hybridized carbons (Fsp3) is 1.00. The van der Waals surface area contributed by atoms with E-state index in [-0.39, 0.29) is 0 Å². The van der Waals surface area contributed by atoms with Crippen LogP contribution in [0.4, 0.5) is 0 Å². The van der Waals surface area contributed by atoms with Crippen LogP contribution in [0.15, 0.2) is 0 Å². The molecule has 68 valence electrons. The summed E-state index contributed by atoms with van der Waals surface area (Å²) in [6.45, 7) is 4.61. The molecule has 0 aromatic carbocycles. The van der Waals surface area contributed by atoms with Crippen LogP contribution in [-0.4, -0.2) is 37.5 Å². The third-order valence-electron chi connectivity index (χ3n) is 1.58. The lowest BCUT2D eigenvalue weighted by molar-refractivity contribution is -0.0956. The molecule has 0 aliphatic heterocycles. The monoisotopic (exact) mass is 194 g/mol. The highest BCUT2D eigenvalue weighted by Crippen LogP contribution is 2.03. The Labute approximate surface area is 73.0 Å². The molecule has 11 heavy (non-hydrogen) atoms. The van der Waals surface area contributed by atoms with Gasteiger partial charge in [-0.15, -0.1) is 0 Å². The predicted octanol–water partition coefficient (Wildman–Crippen LogP) is -0.618. The molecule has 1 N–H and O–H groups in total. The predicted molar refractivity (Wildman–Crippen MR) is 51.1 cm³/mol. The van der Waals surface area contributed by atoms with Gasteiger partial charge in [-0.2, -0.15) is 0 Å². The molecule has 0 spiro atoms. The molecule has 0 heterocycles. The summed E-state index contributed by atoms with van der Waals surface area (Å²) in [5.41, 5.74) is 0. The summed E-state index contributed by atoms with van der Waals surface area (Å²) >= 11 is 0. The van der Waals surface area contributed by atoms with Crippen LogP contribution in [0.25, 0.3) is 0 Å². The lowest BCUT2D eigenvalue weighted by Gasteiger charge is -2.12. The van der Waals surface area contributed by atoms with Crippen LogP contribution in [0.5, 0.6) is 0 Å². The highest BCUT2D eigenvalue weighted by Gasteiger charge is 2.07. The van der Waals surface area contributed by atoms with Crippen molar-refractivity contribution in [3.8, 4) is 0 Å². The van der Waals surface area contributed by atoms with Crippen molar-refractivity contribution in [3.05, 3.63) is 0 Å². The van der Waals surface area contributed by atoms with Crippen molar-refractivity contribution in [3.63, 3.8) is 0 Å². The van der Waals surface area contributed by atoms with Gasteiger partial charge in [-0.3, -0.25) is 0 Å². The van der Waals surface area contributed by atoms with Crippen LogP contribution in [-0.2, 0) is 8.85 Å². The van der Waals surface area contributed by atoms with E-state index in [0.29, 0.717) is 6.61 Å². The Balaban J connectivity index is 3.22. The van der Waals surface area contributed by atoms with E-state index in [0.717, 1.165) is 23.0 Å². The molecule has 0 saturated heterocycles. The standard InChI is InChI=1S/C6H18O3Si2/c1-3-8-6(7)4-5-11(2)9-10/h6-7,11H,3-5H2,1-2,10H3. The topological polar surface area (TPSA) is 38.7 Å². The third-order valence-corrected chi connectivity index (χ3v) is 5.95. The van der Waals surface area contributed by atoms with Gasteiger partial charge in [-0.25, -0.2) is 0 Å². The van der Waals surface area contributed by atoms with E-state index in [1.165, 1.54) is 0 Å². The van der Waals surface area contributed by atoms with E-state index >= 15 is 0 Å². The number of rotatable bonds is 6. The number of hydrogen-bond donors (Lipinski definition) is 1. The van der Waals surface area contributed by atoms with Gasteiger partial charge in [0.2, 0.25) is 0 Å². The molecule has 0 aromatic rings. The third kappa shape index (κ3) is 6.70. The minimum absolute atomic E-state index is 0.577. The summed E-state index contributed by atoms with van der Waals surface area (Å²) in [5.74, 6) is 0. The van der Waals surface area contributed by atoms with Gasteiger partial charge in [0.05, 0.1) is 0 Å². The molecule has 0 aliphatic carbocycles. The Bertz CT molecular complexity index is 91.9. The first kappa shape index (κ1) is 11.3. The maximum absolute atomic E-state index is 9.15. The molecular weight excluding hydrogens is 176 g/mol. The SMILES string of the molecule is CCOC(O)CC[SiH](C)O[SiH3]. The molecule has 2 unspecified atom stereocenters. The second-order valence-electron chi connectivity index (χ2n) is 2.53. The maximum Gasteiger partial charge on any atom is 0.159 e. The molecule has 0 bridgehead atoms. The van der Waals surface area contributed by atoms with Crippen LogP contribution < -0.4 is 0 Å². The van der Waals surface area contributed by atoms with Crippen LogP contribution in [0.3, 0.4) is 0 Å². The van der Waals surface area contributed by atoms with Crippen LogP contribution in [0.1, 0.15) is 13.3 Å². The Kier molecular flexibility index (Phi) is 7.19. The molecule has 0 aliphatic rings. The van der Waals surface area contributed by atoms with Gasteiger partial charge in [0.25, 0.3) is 0 Å². The quantitative estimate of drug-likeness (QED) is 0.452. The van der Waals surface area contributed by atoms with Gasteiger partial charge in [0, 0.05) is 6.61 Å². The summed E-state index contributed by atoms with van der Waals surface area (Å²) in [6, 6.07) is 1.00. The highest BCUT2D eigenvalue weighted by atomic mass is 28.3. The summed E-state index contributed by atoms with van der Waals surface area (Å²) in [4.78, 5) is 0. The number of ether oxygens (including phenoxy) is 1. The molecule has 0 fully saturated rings. The Hall–Kier alpha value is 0.314. The molecule has 2 atom stereocenters. The first-order valence-electron chi connectivity index (χ1n) is 4.03. The molecule has 0 amide bonds. The van der Waals surface area contributed by atoms with Crippen molar-refractivity contribution < 1.29 is 14.0 Å². The first-order valence-corrected chi connectivity index (χ1v) is 7.29. The summed E-state index contributed by atoms with van der Waals surface area (Å²) in [7, 11) is -0.116. The smallest absolute Gasteiger partial charge is 0.159 e. The average molecular weight is 194 g/mol. The van der Waals surface area contributed by atoms with Crippen molar-refractivity contribution in [2.45, 2.75) is 32.2 Å². The summed E-state index contributed by atoms with van der Waals surface area (Å²) in [5, 5.41) is 9.15. The van der Waals surface area contributed by atoms with E-state index in [1.54, 1.807) is 0 Å². The number of hydrogen-bond acceptors (Lipinski definition) is 3. The lowest BCUT2D eigenvalue weighted by Crippen LogP contribution is -2.17. The van der Waals surface area contributed by atoms with E-state index in [9.17, 15) is 0 Å². The molecular formula is C6H18O3Si2. The fourth-order valence-electron chi connectivity index (χ4n) is 0.771. The molecule has 0 aromatic heterocycles. The van der Waals surface area contributed by atoms with Crippen LogP contribution >= 0.6 is 0 Å². The van der Waals surface area contributed by atoms with E-state index in [2.05, 4.69) is 6.55 Å². The normalized spacial score (nSPS) is 16.6. The van der Waals surface area contributed by atoms with Crippen molar-refractivity contribution >= 4 is 19.5 Å². The van der Waals surface area contributed by atoms with Gasteiger partial charge < -0.3 is 14.0 Å². The molecule has 0 radical (unpaired) electrons. The minimum atomic E-state index is -0.941. The molecule has 0 saturated carbocycles. The molecule has 3 nitrogen and oxygen atoms in total. The number of aliphatic hydroxyl groups is 1. The second kappa shape index (κ2) is 6.99. The van der Waals surface area contributed by atoms with E-state index in [1.807, 2.05) is 6.92 Å². The van der Waals surface area contributed by atoms with Gasteiger partial charge in [0.1, 0.15) is 10.5 Å². The largest absolute Gasteiger partial charge is 0.466 e. The van der Waals surface area contributed by atoms with Gasteiger partial charge in [0.15, 0.2) is 15.3 Å². The van der Waals surface area contributed by atoms with E-state index in [4.69, 9.17) is 14.0 Å². The second-order valence-corrected chi connectivity index (χ2v) is 6.62. The lowest BCUT2D eigenvalue weighted by atomic mass is 10.5. The highest BCUT2D eigenvalue weighted by molar-refractivity contribution is 6.54. The average Bonchev–Trinajstić information content (AvgIpc) is 2.01. The summed E-state index contributed by atoms with van der Waals surface area (Å²) < 4.78 is 10.3. The Morgan fingerprint density at radius 2 is 2.27 bits per heavy atom. The molecule has 5 heteroatoms. The minimum Gasteiger partial charge on any atom is -0.466 e. The van der Waals surface area contributed by atoms with Gasteiger partial charge in [-0.05, 0) is 25.9 Å². The first-order chi connectivity index (χ1) is 5.20. The van der Waals surface area contributed by atoms with Crippen molar-refractivity contribution in [2.75, 3.05) is 6.61 Å². The zero-order chi connectivity index (χ0) is 8.69. The Morgan fingerprint density at radius 1 is 1.64 bits per heavy atom. The van der Waals surface area contributed by atoms with E-state index < -0.39 is 15.3 Å². The van der Waals surface area contributed by atoms with Gasteiger partial charge in [-0.1, -0.05) is 0 Å². The molecule has 0 rings (SSSR count). The van der Waals surface area contributed by atoms with Crippen LogP contribution in [0, 0.1) is 0 Å². The van der Waals surface area contributed by atoms with Crippen LogP contribution in [0.2, 0.25) is 12.6 Å². The Morgan fingerprint density at radius 3 is 2.73 bits per heavy atom. The van der Waals surface area contributed by atoms with Crippen molar-refractivity contribution in [1.29, 1.82) is 0 Å².